The summed E-state index contributed by atoms with van der Waals surface area (Å²) in [6, 6.07) is 6.48. The SMILES string of the molecule is CCCc1noc([C@@H](C)Sc2ncnc3scc(-c4ccc(F)cc4)c23)n1. The van der Waals surface area contributed by atoms with Crippen molar-refractivity contribution in [3.8, 4) is 11.1 Å². The van der Waals surface area contributed by atoms with Gasteiger partial charge in [-0.05, 0) is 31.0 Å². The molecular weight excluding hydrogens is 383 g/mol. The van der Waals surface area contributed by atoms with Crippen molar-refractivity contribution in [3.05, 3.63) is 53.5 Å². The van der Waals surface area contributed by atoms with Gasteiger partial charge in [0.2, 0.25) is 5.89 Å². The van der Waals surface area contributed by atoms with Crippen LogP contribution in [0, 0.1) is 5.82 Å². The Morgan fingerprint density at radius 3 is 2.81 bits per heavy atom. The Morgan fingerprint density at radius 2 is 2.04 bits per heavy atom. The van der Waals surface area contributed by atoms with E-state index in [4.69, 9.17) is 4.52 Å². The molecule has 5 nitrogen and oxygen atoms in total. The zero-order valence-electron chi connectivity index (χ0n) is 14.8. The highest BCUT2D eigenvalue weighted by atomic mass is 32.2. The predicted molar refractivity (Wildman–Crippen MR) is 105 cm³/mol. The summed E-state index contributed by atoms with van der Waals surface area (Å²) in [5.74, 6) is 1.07. The highest BCUT2D eigenvalue weighted by Gasteiger charge is 2.20. The van der Waals surface area contributed by atoms with E-state index >= 15 is 0 Å². The summed E-state index contributed by atoms with van der Waals surface area (Å²) in [4.78, 5) is 14.2. The molecule has 0 aliphatic heterocycles. The molecule has 0 saturated carbocycles. The number of thioether (sulfide) groups is 1. The molecule has 0 unspecified atom stereocenters. The van der Waals surface area contributed by atoms with Gasteiger partial charge in [0, 0.05) is 17.4 Å². The molecule has 0 radical (unpaired) electrons. The summed E-state index contributed by atoms with van der Waals surface area (Å²) in [5.41, 5.74) is 1.94. The lowest BCUT2D eigenvalue weighted by molar-refractivity contribution is 0.374. The smallest absolute Gasteiger partial charge is 0.239 e. The van der Waals surface area contributed by atoms with Gasteiger partial charge in [-0.25, -0.2) is 14.4 Å². The van der Waals surface area contributed by atoms with E-state index in [2.05, 4.69) is 27.0 Å². The number of rotatable bonds is 6. The van der Waals surface area contributed by atoms with Crippen molar-refractivity contribution >= 4 is 33.3 Å². The van der Waals surface area contributed by atoms with Crippen molar-refractivity contribution in [1.29, 1.82) is 0 Å². The molecule has 1 aromatic carbocycles. The minimum absolute atomic E-state index is 0.0397. The highest BCUT2D eigenvalue weighted by molar-refractivity contribution is 7.99. The number of hydrogen-bond donors (Lipinski definition) is 0. The predicted octanol–water partition coefficient (Wildman–Crippen LogP) is 5.69. The summed E-state index contributed by atoms with van der Waals surface area (Å²) in [6.07, 6.45) is 3.35. The fourth-order valence-electron chi connectivity index (χ4n) is 2.75. The number of nitrogens with zero attached hydrogens (tertiary/aromatic N) is 4. The molecule has 3 aromatic heterocycles. The highest BCUT2D eigenvalue weighted by Crippen LogP contribution is 2.42. The molecule has 8 heteroatoms. The van der Waals surface area contributed by atoms with Crippen LogP contribution in [0.25, 0.3) is 21.3 Å². The number of halogens is 1. The Morgan fingerprint density at radius 1 is 1.22 bits per heavy atom. The van der Waals surface area contributed by atoms with E-state index in [1.165, 1.54) is 12.1 Å². The fraction of sp³-hybridized carbons (Fsp3) is 0.263. The summed E-state index contributed by atoms with van der Waals surface area (Å²) in [5, 5.41) is 7.85. The molecule has 1 atom stereocenters. The minimum Gasteiger partial charge on any atom is -0.338 e. The number of aryl methyl sites for hydroxylation is 1. The monoisotopic (exact) mass is 400 g/mol. The third-order valence-corrected chi connectivity index (χ3v) is 6.06. The maximum atomic E-state index is 13.3. The first kappa shape index (κ1) is 18.1. The Kier molecular flexibility index (Phi) is 5.18. The van der Waals surface area contributed by atoms with Crippen molar-refractivity contribution in [3.63, 3.8) is 0 Å². The van der Waals surface area contributed by atoms with E-state index in [0.717, 1.165) is 45.0 Å². The molecule has 4 rings (SSSR count). The van der Waals surface area contributed by atoms with Gasteiger partial charge in [-0.1, -0.05) is 36.0 Å². The molecule has 27 heavy (non-hydrogen) atoms. The summed E-state index contributed by atoms with van der Waals surface area (Å²) < 4.78 is 18.7. The first-order valence-corrected chi connectivity index (χ1v) is 10.4. The van der Waals surface area contributed by atoms with Crippen LogP contribution in [-0.4, -0.2) is 20.1 Å². The molecule has 0 fully saturated rings. The third kappa shape index (κ3) is 3.72. The van der Waals surface area contributed by atoms with E-state index in [1.54, 1.807) is 41.6 Å². The van der Waals surface area contributed by atoms with Crippen molar-refractivity contribution < 1.29 is 8.91 Å². The molecule has 0 aliphatic rings. The van der Waals surface area contributed by atoms with Gasteiger partial charge in [-0.15, -0.1) is 11.3 Å². The number of thiophene rings is 1. The number of fused-ring (bicyclic) bond motifs is 1. The maximum Gasteiger partial charge on any atom is 0.239 e. The fourth-order valence-corrected chi connectivity index (χ4v) is 4.70. The molecule has 138 valence electrons. The second-order valence-electron chi connectivity index (χ2n) is 6.07. The van der Waals surface area contributed by atoms with Gasteiger partial charge in [0.05, 0.1) is 10.6 Å². The number of aromatic nitrogens is 4. The molecule has 0 N–H and O–H groups in total. The van der Waals surface area contributed by atoms with E-state index in [9.17, 15) is 4.39 Å². The molecule has 0 saturated heterocycles. The molecular formula is C19H17FN4OS2. The summed E-state index contributed by atoms with van der Waals surface area (Å²) in [6.45, 7) is 4.10. The van der Waals surface area contributed by atoms with Crippen LogP contribution in [0.15, 0.2) is 45.5 Å². The van der Waals surface area contributed by atoms with Crippen LogP contribution in [0.5, 0.6) is 0 Å². The molecule has 0 aliphatic carbocycles. The number of benzene rings is 1. The van der Waals surface area contributed by atoms with Gasteiger partial charge in [-0.2, -0.15) is 4.98 Å². The largest absolute Gasteiger partial charge is 0.338 e. The Bertz CT molecular complexity index is 1060. The first-order chi connectivity index (χ1) is 13.2. The Labute approximate surface area is 164 Å². The third-order valence-electron chi connectivity index (χ3n) is 4.08. The normalized spacial score (nSPS) is 12.6. The van der Waals surface area contributed by atoms with Gasteiger partial charge in [0.1, 0.15) is 22.0 Å². The lowest BCUT2D eigenvalue weighted by atomic mass is 10.1. The Hall–Kier alpha value is -2.32. The Balaban J connectivity index is 1.69. The average molecular weight is 401 g/mol. The first-order valence-electron chi connectivity index (χ1n) is 8.63. The van der Waals surface area contributed by atoms with Gasteiger partial charge in [0.15, 0.2) is 5.82 Å². The van der Waals surface area contributed by atoms with Gasteiger partial charge < -0.3 is 4.52 Å². The molecule has 0 amide bonds. The van der Waals surface area contributed by atoms with Crippen LogP contribution in [-0.2, 0) is 6.42 Å². The van der Waals surface area contributed by atoms with Crippen molar-refractivity contribution in [2.24, 2.45) is 0 Å². The van der Waals surface area contributed by atoms with E-state index in [1.807, 2.05) is 12.3 Å². The van der Waals surface area contributed by atoms with Gasteiger partial charge in [0.25, 0.3) is 0 Å². The van der Waals surface area contributed by atoms with E-state index < -0.39 is 0 Å². The lowest BCUT2D eigenvalue weighted by Gasteiger charge is -2.08. The van der Waals surface area contributed by atoms with E-state index in [0.29, 0.717) is 5.89 Å². The second-order valence-corrected chi connectivity index (χ2v) is 8.26. The second kappa shape index (κ2) is 7.74. The van der Waals surface area contributed by atoms with E-state index in [-0.39, 0.29) is 11.1 Å². The van der Waals surface area contributed by atoms with Crippen molar-refractivity contribution in [2.45, 2.75) is 37.0 Å². The zero-order chi connectivity index (χ0) is 18.8. The average Bonchev–Trinajstić information content (AvgIpc) is 3.30. The standard InChI is InChI=1S/C19H17FN4OS2/c1-3-4-15-23-17(25-24-15)11(2)27-19-16-14(9-26-18(16)21-10-22-19)12-5-7-13(20)8-6-12/h5-11H,3-4H2,1-2H3/t11-/m1/s1. The maximum absolute atomic E-state index is 13.3. The lowest BCUT2D eigenvalue weighted by Crippen LogP contribution is -1.93. The topological polar surface area (TPSA) is 64.7 Å². The number of hydrogen-bond acceptors (Lipinski definition) is 7. The molecule has 0 bridgehead atoms. The van der Waals surface area contributed by atoms with Gasteiger partial charge in [-0.3, -0.25) is 0 Å². The molecule has 4 aromatic rings. The molecule has 0 spiro atoms. The van der Waals surface area contributed by atoms with Crippen molar-refractivity contribution in [1.82, 2.24) is 20.1 Å². The summed E-state index contributed by atoms with van der Waals surface area (Å²) in [7, 11) is 0. The van der Waals surface area contributed by atoms with Crippen LogP contribution in [0.2, 0.25) is 0 Å². The van der Waals surface area contributed by atoms with Crippen LogP contribution in [0.3, 0.4) is 0 Å². The van der Waals surface area contributed by atoms with Crippen LogP contribution in [0.1, 0.15) is 37.2 Å². The summed E-state index contributed by atoms with van der Waals surface area (Å²) >= 11 is 3.11. The van der Waals surface area contributed by atoms with Crippen LogP contribution >= 0.6 is 23.1 Å². The zero-order valence-corrected chi connectivity index (χ0v) is 16.5. The van der Waals surface area contributed by atoms with Crippen LogP contribution < -0.4 is 0 Å². The molecule has 3 heterocycles. The van der Waals surface area contributed by atoms with Crippen LogP contribution in [0.4, 0.5) is 4.39 Å². The minimum atomic E-state index is -0.253. The van der Waals surface area contributed by atoms with Crippen molar-refractivity contribution in [2.75, 3.05) is 0 Å². The quantitative estimate of drug-likeness (QED) is 0.306. The van der Waals surface area contributed by atoms with Gasteiger partial charge >= 0.3 is 0 Å².